The molecule has 0 spiro atoms. The summed E-state index contributed by atoms with van der Waals surface area (Å²) in [4.78, 5) is 18.2. The minimum Gasteiger partial charge on any atom is -0.493 e. The van der Waals surface area contributed by atoms with E-state index in [-0.39, 0.29) is 0 Å². The van der Waals surface area contributed by atoms with Crippen LogP contribution in [0.1, 0.15) is 29.7 Å². The Morgan fingerprint density at radius 3 is 2.31 bits per heavy atom. The summed E-state index contributed by atoms with van der Waals surface area (Å²) in [6.07, 6.45) is 0.640. The Kier molecular flexibility index (Phi) is 7.35. The molecule has 0 saturated carbocycles. The molecule has 0 radical (unpaired) electrons. The summed E-state index contributed by atoms with van der Waals surface area (Å²) in [5.41, 5.74) is 3.83. The number of carbonyl (C=O) groups is 1. The molecular weight excluding hydrogens is 524 g/mol. The van der Waals surface area contributed by atoms with Crippen molar-refractivity contribution in [1.82, 2.24) is 4.98 Å². The largest absolute Gasteiger partial charge is 0.493 e. The summed E-state index contributed by atoms with van der Waals surface area (Å²) in [5, 5.41) is 10.9. The molecule has 0 saturated heterocycles. The number of pyridine rings is 1. The van der Waals surface area contributed by atoms with E-state index in [1.54, 1.807) is 44.7 Å². The van der Waals surface area contributed by atoms with Crippen LogP contribution < -0.4 is 19.1 Å². The average molecular weight is 551 g/mol. The summed E-state index contributed by atoms with van der Waals surface area (Å²) in [6.45, 7) is 5.70. The predicted octanol–water partition coefficient (Wildman–Crippen LogP) is 7.67. The van der Waals surface area contributed by atoms with E-state index in [1.807, 2.05) is 51.1 Å². The van der Waals surface area contributed by atoms with Gasteiger partial charge in [-0.05, 0) is 67.8 Å². The third-order valence-electron chi connectivity index (χ3n) is 6.34. The smallest absolute Gasteiger partial charge is 0.412 e. The average Bonchev–Trinajstić information content (AvgIpc) is 2.87. The van der Waals surface area contributed by atoms with E-state index in [4.69, 9.17) is 14.2 Å². The van der Waals surface area contributed by atoms with Crippen molar-refractivity contribution in [3.05, 3.63) is 82.0 Å². The third-order valence-corrected chi connectivity index (χ3v) is 7.07. The second kappa shape index (κ2) is 10.5. The van der Waals surface area contributed by atoms with Crippen LogP contribution in [0, 0.1) is 13.8 Å². The first-order valence-corrected chi connectivity index (χ1v) is 12.1. The number of ether oxygens (including phenoxy) is 3. The van der Waals surface area contributed by atoms with Crippen LogP contribution in [0.5, 0.6) is 23.0 Å². The number of rotatable bonds is 7. The summed E-state index contributed by atoms with van der Waals surface area (Å²) in [6, 6.07) is 16.2. The highest BCUT2D eigenvalue weighted by Gasteiger charge is 2.27. The van der Waals surface area contributed by atoms with Crippen molar-refractivity contribution < 1.29 is 24.1 Å². The number of halogens is 1. The monoisotopic (exact) mass is 550 g/mol. The number of aromatic nitrogens is 1. The van der Waals surface area contributed by atoms with E-state index < -0.39 is 12.1 Å². The van der Waals surface area contributed by atoms with E-state index >= 15 is 0 Å². The van der Waals surface area contributed by atoms with Gasteiger partial charge in [0, 0.05) is 22.1 Å². The molecule has 3 aromatic carbocycles. The normalized spacial score (nSPS) is 11.7. The topological polar surface area (TPSA) is 81.1 Å². The lowest BCUT2D eigenvalue weighted by molar-refractivity contribution is 0.199. The molecule has 4 aromatic rings. The maximum Gasteiger partial charge on any atom is 0.412 e. The van der Waals surface area contributed by atoms with Gasteiger partial charge in [-0.3, -0.25) is 9.88 Å². The third kappa shape index (κ3) is 4.68. The van der Waals surface area contributed by atoms with E-state index in [0.29, 0.717) is 34.2 Å². The quantitative estimate of drug-likeness (QED) is 0.254. The van der Waals surface area contributed by atoms with Crippen molar-refractivity contribution in [2.45, 2.75) is 26.8 Å². The second-order valence-corrected chi connectivity index (χ2v) is 9.17. The molecule has 7 nitrogen and oxygen atoms in total. The zero-order valence-corrected chi connectivity index (χ0v) is 22.3. The molecule has 1 aromatic heterocycles. The molecule has 0 aliphatic carbocycles. The highest BCUT2D eigenvalue weighted by Crippen LogP contribution is 2.40. The lowest BCUT2D eigenvalue weighted by Gasteiger charge is -2.30. The molecule has 0 fully saturated rings. The molecule has 1 N–H and O–H groups in total. The summed E-state index contributed by atoms with van der Waals surface area (Å²) < 4.78 is 18.0. The molecule has 0 bridgehead atoms. The van der Waals surface area contributed by atoms with Gasteiger partial charge in [-0.15, -0.1) is 0 Å². The van der Waals surface area contributed by atoms with Crippen molar-refractivity contribution in [2.24, 2.45) is 0 Å². The van der Waals surface area contributed by atoms with Crippen molar-refractivity contribution in [3.8, 4) is 23.0 Å². The molecule has 4 rings (SSSR count). The van der Waals surface area contributed by atoms with Gasteiger partial charge in [-0.1, -0.05) is 34.1 Å². The molecule has 186 valence electrons. The van der Waals surface area contributed by atoms with Crippen molar-refractivity contribution >= 4 is 38.6 Å². The molecule has 8 heteroatoms. The standard InChI is InChI=1S/C28H27BrN2O5/c1-16-17(2)24(36-25-12-13-30-22-15-27(35-5)26(34-4)14-20(22)25)11-10-23(16)31(28(32)33)18(3)19-8-6-7-9-21(19)29/h6-15,18H,1-5H3,(H,32,33). The van der Waals surface area contributed by atoms with Gasteiger partial charge in [0.25, 0.3) is 0 Å². The Labute approximate surface area is 218 Å². The summed E-state index contributed by atoms with van der Waals surface area (Å²) in [5.74, 6) is 2.38. The van der Waals surface area contributed by atoms with Crippen molar-refractivity contribution in [2.75, 3.05) is 19.1 Å². The molecule has 0 aliphatic heterocycles. The van der Waals surface area contributed by atoms with Gasteiger partial charge in [0.15, 0.2) is 11.5 Å². The van der Waals surface area contributed by atoms with Gasteiger partial charge < -0.3 is 19.3 Å². The van der Waals surface area contributed by atoms with E-state index in [2.05, 4.69) is 20.9 Å². The number of carboxylic acid groups (broad SMARTS) is 1. The lowest BCUT2D eigenvalue weighted by Crippen LogP contribution is -2.33. The van der Waals surface area contributed by atoms with E-state index in [0.717, 1.165) is 26.5 Å². The Balaban J connectivity index is 1.74. The number of benzene rings is 3. The van der Waals surface area contributed by atoms with Crippen LogP contribution in [0.15, 0.2) is 65.3 Å². The van der Waals surface area contributed by atoms with Crippen LogP contribution >= 0.6 is 15.9 Å². The van der Waals surface area contributed by atoms with Crippen LogP contribution in [0.3, 0.4) is 0 Å². The molecule has 1 unspecified atom stereocenters. The summed E-state index contributed by atoms with van der Waals surface area (Å²) >= 11 is 3.55. The maximum atomic E-state index is 12.4. The minimum atomic E-state index is -1.03. The van der Waals surface area contributed by atoms with Gasteiger partial charge in [-0.25, -0.2) is 4.79 Å². The van der Waals surface area contributed by atoms with Gasteiger partial charge >= 0.3 is 6.09 Å². The van der Waals surface area contributed by atoms with Crippen LogP contribution in [-0.2, 0) is 0 Å². The van der Waals surface area contributed by atoms with Crippen LogP contribution in [0.4, 0.5) is 10.5 Å². The fourth-order valence-corrected chi connectivity index (χ4v) is 4.85. The number of nitrogens with zero attached hydrogens (tertiary/aromatic N) is 2. The molecule has 1 amide bonds. The lowest BCUT2D eigenvalue weighted by atomic mass is 10.0. The Morgan fingerprint density at radius 1 is 0.944 bits per heavy atom. The first kappa shape index (κ1) is 25.3. The number of anilines is 1. The highest BCUT2D eigenvalue weighted by molar-refractivity contribution is 9.10. The van der Waals surface area contributed by atoms with Gasteiger partial charge in [0.05, 0.1) is 31.5 Å². The number of amides is 1. The number of methoxy groups -OCH3 is 2. The Bertz CT molecular complexity index is 1440. The molecule has 36 heavy (non-hydrogen) atoms. The van der Waals surface area contributed by atoms with Crippen LogP contribution in [-0.4, -0.2) is 30.4 Å². The highest BCUT2D eigenvalue weighted by atomic mass is 79.9. The zero-order valence-electron chi connectivity index (χ0n) is 20.7. The van der Waals surface area contributed by atoms with Gasteiger partial charge in [0.1, 0.15) is 11.5 Å². The SMILES string of the molecule is COc1cc2nccc(Oc3ccc(N(C(=O)O)C(C)c4ccccc4Br)c(C)c3C)c2cc1OC. The molecule has 0 aliphatic rings. The zero-order chi connectivity index (χ0) is 26.0. The van der Waals surface area contributed by atoms with Gasteiger partial charge in [0.2, 0.25) is 0 Å². The maximum absolute atomic E-state index is 12.4. The van der Waals surface area contributed by atoms with Crippen molar-refractivity contribution in [1.29, 1.82) is 0 Å². The summed E-state index contributed by atoms with van der Waals surface area (Å²) in [7, 11) is 3.16. The molecule has 1 heterocycles. The fraction of sp³-hybridized carbons (Fsp3) is 0.214. The Hall–Kier alpha value is -3.78. The number of hydrogen-bond donors (Lipinski definition) is 1. The first-order chi connectivity index (χ1) is 17.3. The predicted molar refractivity (Wildman–Crippen MR) is 144 cm³/mol. The van der Waals surface area contributed by atoms with Crippen LogP contribution in [0.25, 0.3) is 10.9 Å². The number of fused-ring (bicyclic) bond motifs is 1. The second-order valence-electron chi connectivity index (χ2n) is 8.32. The van der Waals surface area contributed by atoms with Crippen molar-refractivity contribution in [3.63, 3.8) is 0 Å². The molecule has 1 atom stereocenters. The fourth-order valence-electron chi connectivity index (χ4n) is 4.24. The van der Waals surface area contributed by atoms with Crippen LogP contribution in [0.2, 0.25) is 0 Å². The molecular formula is C28H27BrN2O5. The first-order valence-electron chi connectivity index (χ1n) is 11.3. The van der Waals surface area contributed by atoms with Gasteiger partial charge in [-0.2, -0.15) is 0 Å². The van der Waals surface area contributed by atoms with E-state index in [1.165, 1.54) is 4.90 Å². The van der Waals surface area contributed by atoms with E-state index in [9.17, 15) is 9.90 Å². The minimum absolute atomic E-state index is 0.408. The Morgan fingerprint density at radius 2 is 1.64 bits per heavy atom. The number of hydrogen-bond acceptors (Lipinski definition) is 5.